The van der Waals surface area contributed by atoms with Gasteiger partial charge in [-0.1, -0.05) is 17.7 Å². The van der Waals surface area contributed by atoms with Crippen LogP contribution in [-0.4, -0.2) is 31.6 Å². The molecule has 6 heteroatoms. The SMILES string of the molecule is COc1ccc([C@@H](C)N2Cc3cc(Cl)ccc3OCC2=O)cc1OC. The van der Waals surface area contributed by atoms with E-state index in [9.17, 15) is 4.79 Å². The van der Waals surface area contributed by atoms with E-state index in [1.165, 1.54) is 0 Å². The normalized spacial score (nSPS) is 15.0. The molecule has 0 saturated carbocycles. The maximum atomic E-state index is 12.6. The molecule has 1 heterocycles. The number of ether oxygens (including phenoxy) is 3. The molecule has 2 aromatic carbocycles. The molecule has 0 unspecified atom stereocenters. The number of fused-ring (bicyclic) bond motifs is 1. The predicted molar refractivity (Wildman–Crippen MR) is 95.5 cm³/mol. The Bertz CT molecular complexity index is 793. The summed E-state index contributed by atoms with van der Waals surface area (Å²) in [5.74, 6) is 1.91. The first-order valence-electron chi connectivity index (χ1n) is 7.96. The van der Waals surface area contributed by atoms with E-state index in [0.717, 1.165) is 11.1 Å². The third-order valence-corrected chi connectivity index (χ3v) is 4.63. The number of carbonyl (C=O) groups is 1. The van der Waals surface area contributed by atoms with Gasteiger partial charge in [0.05, 0.1) is 26.8 Å². The second-order valence-electron chi connectivity index (χ2n) is 5.85. The van der Waals surface area contributed by atoms with Crippen molar-refractivity contribution in [1.29, 1.82) is 0 Å². The number of halogens is 1. The van der Waals surface area contributed by atoms with E-state index < -0.39 is 0 Å². The molecule has 0 radical (unpaired) electrons. The van der Waals surface area contributed by atoms with Crippen molar-refractivity contribution in [2.45, 2.75) is 19.5 Å². The van der Waals surface area contributed by atoms with E-state index in [1.54, 1.807) is 31.3 Å². The van der Waals surface area contributed by atoms with Crippen molar-refractivity contribution in [2.24, 2.45) is 0 Å². The van der Waals surface area contributed by atoms with Gasteiger partial charge in [-0.25, -0.2) is 0 Å². The predicted octanol–water partition coefficient (Wildman–Crippen LogP) is 3.84. The van der Waals surface area contributed by atoms with Gasteiger partial charge in [-0.15, -0.1) is 0 Å². The van der Waals surface area contributed by atoms with Crippen LogP contribution in [0.25, 0.3) is 0 Å². The zero-order valence-corrected chi connectivity index (χ0v) is 15.2. The fourth-order valence-corrected chi connectivity index (χ4v) is 3.15. The van der Waals surface area contributed by atoms with Gasteiger partial charge >= 0.3 is 0 Å². The Morgan fingerprint density at radius 2 is 1.88 bits per heavy atom. The molecule has 5 nitrogen and oxygen atoms in total. The first-order chi connectivity index (χ1) is 12.0. The average molecular weight is 362 g/mol. The topological polar surface area (TPSA) is 48.0 Å². The fraction of sp³-hybridized carbons (Fsp3) is 0.316. The van der Waals surface area contributed by atoms with Gasteiger partial charge in [0.1, 0.15) is 5.75 Å². The van der Waals surface area contributed by atoms with Gasteiger partial charge < -0.3 is 19.1 Å². The lowest BCUT2D eigenvalue weighted by atomic mass is 10.0. The summed E-state index contributed by atoms with van der Waals surface area (Å²) in [6.07, 6.45) is 0. The summed E-state index contributed by atoms with van der Waals surface area (Å²) in [4.78, 5) is 14.4. The third kappa shape index (κ3) is 3.51. The Morgan fingerprint density at radius 1 is 1.12 bits per heavy atom. The molecular formula is C19H20ClNO4. The second-order valence-corrected chi connectivity index (χ2v) is 6.29. The summed E-state index contributed by atoms with van der Waals surface area (Å²) in [7, 11) is 3.19. The van der Waals surface area contributed by atoms with Crippen molar-refractivity contribution in [3.63, 3.8) is 0 Å². The summed E-state index contributed by atoms with van der Waals surface area (Å²) in [5.41, 5.74) is 1.85. The fourth-order valence-electron chi connectivity index (χ4n) is 2.95. The van der Waals surface area contributed by atoms with Gasteiger partial charge in [-0.3, -0.25) is 4.79 Å². The van der Waals surface area contributed by atoms with Crippen LogP contribution < -0.4 is 14.2 Å². The van der Waals surface area contributed by atoms with Gasteiger partial charge in [0, 0.05) is 10.6 Å². The standard InChI is InChI=1S/C19H20ClNO4/c1-12(13-4-6-17(23-2)18(9-13)24-3)21-10-14-8-15(20)5-7-16(14)25-11-19(21)22/h4-9,12H,10-11H2,1-3H3/t12-/m1/s1. The zero-order valence-electron chi connectivity index (χ0n) is 14.4. The monoisotopic (exact) mass is 361 g/mol. The maximum Gasteiger partial charge on any atom is 0.261 e. The number of nitrogens with zero attached hydrogens (tertiary/aromatic N) is 1. The Morgan fingerprint density at radius 3 is 2.60 bits per heavy atom. The average Bonchev–Trinajstić information content (AvgIpc) is 2.79. The molecule has 25 heavy (non-hydrogen) atoms. The van der Waals surface area contributed by atoms with E-state index in [-0.39, 0.29) is 18.6 Å². The van der Waals surface area contributed by atoms with E-state index in [1.807, 2.05) is 31.2 Å². The van der Waals surface area contributed by atoms with Gasteiger partial charge in [0.2, 0.25) is 0 Å². The van der Waals surface area contributed by atoms with Crippen LogP contribution >= 0.6 is 11.6 Å². The lowest BCUT2D eigenvalue weighted by Crippen LogP contribution is -2.34. The van der Waals surface area contributed by atoms with Crippen molar-refractivity contribution < 1.29 is 19.0 Å². The first-order valence-corrected chi connectivity index (χ1v) is 8.34. The van der Waals surface area contributed by atoms with Crippen molar-refractivity contribution in [1.82, 2.24) is 4.90 Å². The van der Waals surface area contributed by atoms with Crippen molar-refractivity contribution in [3.05, 3.63) is 52.5 Å². The van der Waals surface area contributed by atoms with Crippen molar-refractivity contribution >= 4 is 17.5 Å². The minimum Gasteiger partial charge on any atom is -0.493 e. The minimum atomic E-state index is -0.152. The smallest absolute Gasteiger partial charge is 0.261 e. The summed E-state index contributed by atoms with van der Waals surface area (Å²) in [6, 6.07) is 10.9. The highest BCUT2D eigenvalue weighted by Gasteiger charge is 2.27. The van der Waals surface area contributed by atoms with Crippen LogP contribution in [0, 0.1) is 0 Å². The molecule has 0 spiro atoms. The molecule has 0 fully saturated rings. The van der Waals surface area contributed by atoms with Crippen LogP contribution in [0.3, 0.4) is 0 Å². The molecule has 0 saturated heterocycles. The highest BCUT2D eigenvalue weighted by atomic mass is 35.5. The Balaban J connectivity index is 1.92. The van der Waals surface area contributed by atoms with Crippen LogP contribution in [0.15, 0.2) is 36.4 Å². The van der Waals surface area contributed by atoms with Crippen LogP contribution in [0.4, 0.5) is 0 Å². The molecule has 0 bridgehead atoms. The summed E-state index contributed by atoms with van der Waals surface area (Å²) in [6.45, 7) is 2.42. The number of methoxy groups -OCH3 is 2. The van der Waals surface area contributed by atoms with Gasteiger partial charge in [0.15, 0.2) is 18.1 Å². The van der Waals surface area contributed by atoms with Crippen molar-refractivity contribution in [2.75, 3.05) is 20.8 Å². The molecule has 0 N–H and O–H groups in total. The lowest BCUT2D eigenvalue weighted by Gasteiger charge is -2.28. The summed E-state index contributed by atoms with van der Waals surface area (Å²) in [5, 5.41) is 0.621. The largest absolute Gasteiger partial charge is 0.493 e. The molecule has 0 aliphatic carbocycles. The number of amides is 1. The number of carbonyl (C=O) groups excluding carboxylic acids is 1. The molecule has 1 aliphatic heterocycles. The quantitative estimate of drug-likeness (QED) is 0.830. The summed E-state index contributed by atoms with van der Waals surface area (Å²) < 4.78 is 16.3. The van der Waals surface area contributed by atoms with Crippen LogP contribution in [0.5, 0.6) is 17.2 Å². The molecule has 1 aliphatic rings. The van der Waals surface area contributed by atoms with Crippen LogP contribution in [-0.2, 0) is 11.3 Å². The lowest BCUT2D eigenvalue weighted by molar-refractivity contribution is -0.135. The second kappa shape index (κ2) is 7.23. The van der Waals surface area contributed by atoms with Crippen molar-refractivity contribution in [3.8, 4) is 17.2 Å². The van der Waals surface area contributed by atoms with E-state index in [2.05, 4.69) is 0 Å². The van der Waals surface area contributed by atoms with Crippen LogP contribution in [0.2, 0.25) is 5.02 Å². The number of hydrogen-bond donors (Lipinski definition) is 0. The molecule has 0 aromatic heterocycles. The van der Waals surface area contributed by atoms with Gasteiger partial charge in [-0.05, 0) is 42.8 Å². The zero-order chi connectivity index (χ0) is 18.0. The molecule has 1 atom stereocenters. The Kier molecular flexibility index (Phi) is 5.04. The van der Waals surface area contributed by atoms with E-state index in [0.29, 0.717) is 28.8 Å². The molecular weight excluding hydrogens is 342 g/mol. The molecule has 3 rings (SSSR count). The number of hydrogen-bond acceptors (Lipinski definition) is 4. The Hall–Kier alpha value is -2.40. The van der Waals surface area contributed by atoms with Crippen LogP contribution in [0.1, 0.15) is 24.1 Å². The summed E-state index contributed by atoms with van der Waals surface area (Å²) >= 11 is 6.09. The first kappa shape index (κ1) is 17.4. The molecule has 1 amide bonds. The van der Waals surface area contributed by atoms with Gasteiger partial charge in [0.25, 0.3) is 5.91 Å². The molecule has 132 valence electrons. The highest BCUT2D eigenvalue weighted by molar-refractivity contribution is 6.30. The maximum absolute atomic E-state index is 12.6. The number of rotatable bonds is 4. The number of benzene rings is 2. The van der Waals surface area contributed by atoms with E-state index >= 15 is 0 Å². The third-order valence-electron chi connectivity index (χ3n) is 4.39. The molecule has 2 aromatic rings. The Labute approximate surface area is 152 Å². The highest BCUT2D eigenvalue weighted by Crippen LogP contribution is 2.34. The van der Waals surface area contributed by atoms with E-state index in [4.69, 9.17) is 25.8 Å². The minimum absolute atomic E-state index is 0.00621. The van der Waals surface area contributed by atoms with Gasteiger partial charge in [-0.2, -0.15) is 0 Å².